The third kappa shape index (κ3) is 2.79. The molecule has 1 saturated heterocycles. The maximum Gasteiger partial charge on any atom is 0.254 e. The van der Waals surface area contributed by atoms with Crippen LogP contribution in [0.4, 0.5) is 5.82 Å². The summed E-state index contributed by atoms with van der Waals surface area (Å²) in [6.45, 7) is 2.59. The molecule has 1 aliphatic heterocycles. The van der Waals surface area contributed by atoms with Crippen LogP contribution in [-0.2, 0) is 0 Å². The molecule has 8 heteroatoms. The zero-order chi connectivity index (χ0) is 17.4. The fourth-order valence-electron chi connectivity index (χ4n) is 3.35. The summed E-state index contributed by atoms with van der Waals surface area (Å²) in [5.41, 5.74) is 2.94. The fourth-order valence-corrected chi connectivity index (χ4v) is 3.35. The second-order valence-corrected chi connectivity index (χ2v) is 6.16. The highest BCUT2D eigenvalue weighted by atomic mass is 16.2. The van der Waals surface area contributed by atoms with E-state index in [9.17, 15) is 4.79 Å². The quantitative estimate of drug-likeness (QED) is 0.759. The number of aromatic amines is 1. The molecule has 0 saturated carbocycles. The number of hydrogen-bond acceptors (Lipinski definition) is 6. The Bertz CT molecular complexity index is 936. The molecule has 1 fully saturated rings. The van der Waals surface area contributed by atoms with Gasteiger partial charge in [-0.3, -0.25) is 4.79 Å². The molecule has 0 unspecified atom stereocenters. The number of aryl methyl sites for hydroxylation is 1. The number of nitrogens with zero attached hydrogens (tertiary/aromatic N) is 5. The van der Waals surface area contributed by atoms with Gasteiger partial charge in [-0.05, 0) is 38.0 Å². The van der Waals surface area contributed by atoms with Crippen LogP contribution in [0.5, 0.6) is 0 Å². The summed E-state index contributed by atoms with van der Waals surface area (Å²) in [5, 5.41) is 13.7. The molecule has 0 aliphatic carbocycles. The van der Waals surface area contributed by atoms with Gasteiger partial charge in [0.05, 0.1) is 11.7 Å². The minimum absolute atomic E-state index is 0.00493. The Balaban J connectivity index is 1.66. The normalized spacial score (nSPS) is 17.2. The molecule has 0 bridgehead atoms. The molecule has 8 nitrogen and oxygen atoms in total. The van der Waals surface area contributed by atoms with Crippen molar-refractivity contribution in [3.8, 4) is 0 Å². The highest BCUT2D eigenvalue weighted by molar-refractivity contribution is 5.97. The van der Waals surface area contributed by atoms with Crippen molar-refractivity contribution in [2.75, 3.05) is 18.9 Å². The molecule has 1 amide bonds. The lowest BCUT2D eigenvalue weighted by Crippen LogP contribution is -2.31. The lowest BCUT2D eigenvalue weighted by Gasteiger charge is -2.25. The van der Waals surface area contributed by atoms with Gasteiger partial charge in [0.1, 0.15) is 22.7 Å². The number of aromatic nitrogens is 5. The summed E-state index contributed by atoms with van der Waals surface area (Å²) in [6, 6.07) is 7.28. The zero-order valence-corrected chi connectivity index (χ0v) is 14.2. The number of carbonyl (C=O) groups is 1. The molecule has 1 aromatic carbocycles. The van der Waals surface area contributed by atoms with E-state index in [1.807, 2.05) is 31.0 Å². The monoisotopic (exact) mass is 337 g/mol. The maximum absolute atomic E-state index is 13.0. The van der Waals surface area contributed by atoms with Crippen molar-refractivity contribution < 1.29 is 4.79 Å². The lowest BCUT2D eigenvalue weighted by atomic mass is 10.1. The van der Waals surface area contributed by atoms with E-state index >= 15 is 0 Å². The first-order chi connectivity index (χ1) is 12.2. The molecule has 4 rings (SSSR count). The number of H-pyrrole nitrogens is 1. The highest BCUT2D eigenvalue weighted by Gasteiger charge is 2.32. The Kier molecular flexibility index (Phi) is 3.79. The molecule has 2 aromatic heterocycles. The number of amides is 1. The van der Waals surface area contributed by atoms with Gasteiger partial charge in [-0.15, -0.1) is 0 Å². The molecule has 128 valence electrons. The largest absolute Gasteiger partial charge is 0.373 e. The van der Waals surface area contributed by atoms with Crippen molar-refractivity contribution in [3.63, 3.8) is 0 Å². The summed E-state index contributed by atoms with van der Waals surface area (Å²) in [4.78, 5) is 23.8. The van der Waals surface area contributed by atoms with Crippen molar-refractivity contribution in [3.05, 3.63) is 41.3 Å². The predicted molar refractivity (Wildman–Crippen MR) is 93.2 cm³/mol. The maximum atomic E-state index is 13.0. The van der Waals surface area contributed by atoms with Crippen molar-refractivity contribution in [1.29, 1.82) is 0 Å². The first-order valence-electron chi connectivity index (χ1n) is 8.30. The summed E-state index contributed by atoms with van der Waals surface area (Å²) >= 11 is 0. The lowest BCUT2D eigenvalue weighted by molar-refractivity contribution is 0.0733. The second kappa shape index (κ2) is 6.12. The molecule has 0 spiro atoms. The minimum atomic E-state index is -0.0331. The average molecular weight is 337 g/mol. The molecule has 3 heterocycles. The minimum Gasteiger partial charge on any atom is -0.373 e. The number of anilines is 1. The van der Waals surface area contributed by atoms with Crippen molar-refractivity contribution in [2.24, 2.45) is 0 Å². The molecule has 0 radical (unpaired) electrons. The van der Waals surface area contributed by atoms with Gasteiger partial charge in [0.25, 0.3) is 5.91 Å². The van der Waals surface area contributed by atoms with E-state index in [0.29, 0.717) is 16.9 Å². The smallest absolute Gasteiger partial charge is 0.254 e. The molecule has 3 aromatic rings. The molecule has 1 aliphatic rings. The number of rotatable bonds is 3. The average Bonchev–Trinajstić information content (AvgIpc) is 3.28. The van der Waals surface area contributed by atoms with Crippen LogP contribution in [0.15, 0.2) is 24.3 Å². The fraction of sp³-hybridized carbons (Fsp3) is 0.353. The highest BCUT2D eigenvalue weighted by Crippen LogP contribution is 2.33. The molecular weight excluding hydrogens is 318 g/mol. The number of carbonyl (C=O) groups excluding carboxylic acids is 1. The third-order valence-corrected chi connectivity index (χ3v) is 4.53. The second-order valence-electron chi connectivity index (χ2n) is 6.16. The SMILES string of the molecule is CNc1cc([C@H]2CCCN2C(=O)c2ccc3n[nH]nc3c2)nc(C)n1. The van der Waals surface area contributed by atoms with Gasteiger partial charge in [0, 0.05) is 25.2 Å². The summed E-state index contributed by atoms with van der Waals surface area (Å²) in [6.07, 6.45) is 1.86. The molecule has 1 atom stereocenters. The summed E-state index contributed by atoms with van der Waals surface area (Å²) in [7, 11) is 1.83. The van der Waals surface area contributed by atoms with Gasteiger partial charge in [0.2, 0.25) is 0 Å². The Morgan fingerprint density at radius 3 is 2.92 bits per heavy atom. The third-order valence-electron chi connectivity index (χ3n) is 4.53. The van der Waals surface area contributed by atoms with Crippen LogP contribution in [0.3, 0.4) is 0 Å². The number of likely N-dealkylation sites (tertiary alicyclic amines) is 1. The van der Waals surface area contributed by atoms with Crippen LogP contribution in [-0.4, -0.2) is 49.8 Å². The van der Waals surface area contributed by atoms with E-state index in [1.165, 1.54) is 0 Å². The van der Waals surface area contributed by atoms with Gasteiger partial charge >= 0.3 is 0 Å². The summed E-state index contributed by atoms with van der Waals surface area (Å²) in [5.74, 6) is 1.46. The van der Waals surface area contributed by atoms with Gasteiger partial charge in [-0.1, -0.05) is 0 Å². The van der Waals surface area contributed by atoms with Gasteiger partial charge in [-0.2, -0.15) is 15.4 Å². The van der Waals surface area contributed by atoms with E-state index in [-0.39, 0.29) is 11.9 Å². The number of fused-ring (bicyclic) bond motifs is 1. The van der Waals surface area contributed by atoms with E-state index < -0.39 is 0 Å². The van der Waals surface area contributed by atoms with E-state index in [2.05, 4.69) is 30.7 Å². The standard InChI is InChI=1S/C17H19N7O/c1-10-19-14(9-16(18-2)20-10)15-4-3-7-24(15)17(25)11-5-6-12-13(8-11)22-23-21-12/h5-6,8-9,15H,3-4,7H2,1-2H3,(H,18,19,20)(H,21,22,23)/t15-/m1/s1. The number of benzene rings is 1. The van der Waals surface area contributed by atoms with Crippen LogP contribution in [0, 0.1) is 6.92 Å². The van der Waals surface area contributed by atoms with Crippen molar-refractivity contribution in [2.45, 2.75) is 25.8 Å². The predicted octanol–water partition coefficient (Wildman–Crippen LogP) is 2.08. The van der Waals surface area contributed by atoms with E-state index in [1.54, 1.807) is 12.1 Å². The first-order valence-corrected chi connectivity index (χ1v) is 8.30. The van der Waals surface area contributed by atoms with Gasteiger partial charge < -0.3 is 10.2 Å². The molecular formula is C17H19N7O. The van der Waals surface area contributed by atoms with Crippen LogP contribution in [0.1, 0.15) is 40.8 Å². The van der Waals surface area contributed by atoms with Gasteiger partial charge in [-0.25, -0.2) is 9.97 Å². The Labute approximate surface area is 144 Å². The van der Waals surface area contributed by atoms with E-state index in [4.69, 9.17) is 0 Å². The Morgan fingerprint density at radius 1 is 1.24 bits per heavy atom. The number of nitrogens with one attached hydrogen (secondary N) is 2. The van der Waals surface area contributed by atoms with Crippen LogP contribution in [0.2, 0.25) is 0 Å². The Morgan fingerprint density at radius 2 is 2.08 bits per heavy atom. The number of hydrogen-bond donors (Lipinski definition) is 2. The van der Waals surface area contributed by atoms with Crippen LogP contribution < -0.4 is 5.32 Å². The van der Waals surface area contributed by atoms with Crippen molar-refractivity contribution >= 4 is 22.8 Å². The van der Waals surface area contributed by atoms with Crippen molar-refractivity contribution in [1.82, 2.24) is 30.3 Å². The molecule has 25 heavy (non-hydrogen) atoms. The van der Waals surface area contributed by atoms with E-state index in [0.717, 1.165) is 36.4 Å². The Hall–Kier alpha value is -3.03. The summed E-state index contributed by atoms with van der Waals surface area (Å²) < 4.78 is 0. The molecule has 2 N–H and O–H groups in total. The topological polar surface area (TPSA) is 99.7 Å². The zero-order valence-electron chi connectivity index (χ0n) is 14.2. The van der Waals surface area contributed by atoms with Crippen LogP contribution in [0.25, 0.3) is 11.0 Å². The van der Waals surface area contributed by atoms with Gasteiger partial charge in [0.15, 0.2) is 0 Å². The first kappa shape index (κ1) is 15.5. The van der Waals surface area contributed by atoms with Crippen LogP contribution >= 0.6 is 0 Å².